The van der Waals surface area contributed by atoms with Crippen LogP contribution in [0.4, 0.5) is 0 Å². The highest BCUT2D eigenvalue weighted by molar-refractivity contribution is 4.62. The van der Waals surface area contributed by atoms with Gasteiger partial charge in [0.05, 0.1) is 0 Å². The van der Waals surface area contributed by atoms with Crippen molar-refractivity contribution in [3.63, 3.8) is 0 Å². The summed E-state index contributed by atoms with van der Waals surface area (Å²) in [5.74, 6) is 1.81. The number of rotatable bonds is 11. The summed E-state index contributed by atoms with van der Waals surface area (Å²) in [7, 11) is 0. The van der Waals surface area contributed by atoms with E-state index in [-0.39, 0.29) is 0 Å². The molecule has 0 N–H and O–H groups in total. The fourth-order valence-electron chi connectivity index (χ4n) is 2.51. The maximum atomic E-state index is 2.64. The molecule has 0 spiro atoms. The first-order valence-corrected chi connectivity index (χ1v) is 7.86. The van der Waals surface area contributed by atoms with Crippen molar-refractivity contribution in [2.75, 3.05) is 19.6 Å². The van der Waals surface area contributed by atoms with Crippen LogP contribution in [0.5, 0.6) is 0 Å². The predicted molar refractivity (Wildman–Crippen MR) is 79.5 cm³/mol. The smallest absolute Gasteiger partial charge is 0.00163 e. The summed E-state index contributed by atoms with van der Waals surface area (Å²) < 4.78 is 0. The molecule has 0 rings (SSSR count). The minimum Gasteiger partial charge on any atom is -0.304 e. The molecule has 0 aliphatic heterocycles. The Balaban J connectivity index is 3.68. The van der Waals surface area contributed by atoms with Gasteiger partial charge in [0, 0.05) is 0 Å². The first-order chi connectivity index (χ1) is 8.13. The van der Waals surface area contributed by atoms with Crippen LogP contribution in [0.3, 0.4) is 0 Å². The van der Waals surface area contributed by atoms with Gasteiger partial charge < -0.3 is 4.90 Å². The molecule has 0 saturated heterocycles. The zero-order chi connectivity index (χ0) is 13.1. The summed E-state index contributed by atoms with van der Waals surface area (Å²) >= 11 is 0. The van der Waals surface area contributed by atoms with Crippen molar-refractivity contribution in [3.8, 4) is 0 Å². The summed E-state index contributed by atoms with van der Waals surface area (Å²) in [6.45, 7) is 15.5. The maximum absolute atomic E-state index is 2.64. The molecule has 2 unspecified atom stereocenters. The predicted octanol–water partition coefficient (Wildman–Crippen LogP) is 4.96. The molecule has 1 nitrogen and oxygen atoms in total. The number of nitrogens with zero attached hydrogens (tertiary/aromatic N) is 1. The zero-order valence-corrected chi connectivity index (χ0v) is 13.0. The highest BCUT2D eigenvalue weighted by atomic mass is 15.1. The van der Waals surface area contributed by atoms with Crippen molar-refractivity contribution in [2.24, 2.45) is 11.8 Å². The lowest BCUT2D eigenvalue weighted by molar-refractivity contribution is 0.244. The third-order valence-electron chi connectivity index (χ3n) is 3.89. The van der Waals surface area contributed by atoms with E-state index in [1.807, 2.05) is 0 Å². The van der Waals surface area contributed by atoms with E-state index < -0.39 is 0 Å². The van der Waals surface area contributed by atoms with Crippen LogP contribution in [0.1, 0.15) is 73.1 Å². The molecule has 104 valence electrons. The van der Waals surface area contributed by atoms with Crippen LogP contribution >= 0.6 is 0 Å². The van der Waals surface area contributed by atoms with Gasteiger partial charge in [0.2, 0.25) is 0 Å². The minimum absolute atomic E-state index is 0.905. The summed E-state index contributed by atoms with van der Waals surface area (Å²) in [5.41, 5.74) is 0. The van der Waals surface area contributed by atoms with Crippen LogP contribution in [0.25, 0.3) is 0 Å². The van der Waals surface area contributed by atoms with Crippen molar-refractivity contribution in [2.45, 2.75) is 73.1 Å². The van der Waals surface area contributed by atoms with Gasteiger partial charge in [-0.3, -0.25) is 0 Å². The van der Waals surface area contributed by atoms with E-state index in [1.54, 1.807) is 0 Å². The first-order valence-electron chi connectivity index (χ1n) is 7.86. The second-order valence-electron chi connectivity index (χ2n) is 5.80. The van der Waals surface area contributed by atoms with E-state index in [0.717, 1.165) is 11.8 Å². The highest BCUT2D eigenvalue weighted by Gasteiger charge is 2.08. The van der Waals surface area contributed by atoms with Crippen LogP contribution in [0.15, 0.2) is 0 Å². The van der Waals surface area contributed by atoms with Crippen LogP contribution < -0.4 is 0 Å². The molecule has 0 aromatic heterocycles. The molecule has 0 heterocycles. The summed E-state index contributed by atoms with van der Waals surface area (Å²) in [6, 6.07) is 0. The Kier molecular flexibility index (Phi) is 11.0. The maximum Gasteiger partial charge on any atom is -0.00163 e. The summed E-state index contributed by atoms with van der Waals surface area (Å²) in [5, 5.41) is 0. The Morgan fingerprint density at radius 1 is 0.706 bits per heavy atom. The van der Waals surface area contributed by atoms with E-state index >= 15 is 0 Å². The van der Waals surface area contributed by atoms with E-state index in [4.69, 9.17) is 0 Å². The zero-order valence-electron chi connectivity index (χ0n) is 13.0. The lowest BCUT2D eigenvalue weighted by Crippen LogP contribution is -2.28. The summed E-state index contributed by atoms with van der Waals surface area (Å²) in [6.07, 6.45) is 8.21. The van der Waals surface area contributed by atoms with Crippen molar-refractivity contribution in [3.05, 3.63) is 0 Å². The second-order valence-corrected chi connectivity index (χ2v) is 5.80. The molecule has 0 aliphatic rings. The Labute approximate surface area is 110 Å². The molecule has 0 fully saturated rings. The van der Waals surface area contributed by atoms with Crippen molar-refractivity contribution < 1.29 is 0 Å². The number of hydrogen-bond donors (Lipinski definition) is 0. The molecule has 1 heteroatoms. The van der Waals surface area contributed by atoms with Gasteiger partial charge in [0.15, 0.2) is 0 Å². The van der Waals surface area contributed by atoms with E-state index in [9.17, 15) is 0 Å². The Morgan fingerprint density at radius 3 is 1.41 bits per heavy atom. The standard InChI is InChI=1S/C16H35N/c1-6-9-15(4)11-13-17(8-3)14-12-16(5)10-7-2/h15-16H,6-14H2,1-5H3. The van der Waals surface area contributed by atoms with Gasteiger partial charge >= 0.3 is 0 Å². The van der Waals surface area contributed by atoms with Crippen molar-refractivity contribution >= 4 is 0 Å². The average Bonchev–Trinajstić information content (AvgIpc) is 2.30. The Morgan fingerprint density at radius 2 is 1.12 bits per heavy atom. The molecule has 2 atom stereocenters. The minimum atomic E-state index is 0.905. The topological polar surface area (TPSA) is 3.24 Å². The molecule has 0 aromatic rings. The van der Waals surface area contributed by atoms with Crippen LogP contribution in [-0.4, -0.2) is 24.5 Å². The molecule has 0 amide bonds. The van der Waals surface area contributed by atoms with Gasteiger partial charge in [0.1, 0.15) is 0 Å². The molecular formula is C16H35N. The third-order valence-corrected chi connectivity index (χ3v) is 3.89. The lowest BCUT2D eigenvalue weighted by atomic mass is 10.0. The van der Waals surface area contributed by atoms with Gasteiger partial charge in [-0.25, -0.2) is 0 Å². The summed E-state index contributed by atoms with van der Waals surface area (Å²) in [4.78, 5) is 2.64. The number of hydrogen-bond acceptors (Lipinski definition) is 1. The van der Waals surface area contributed by atoms with Gasteiger partial charge in [-0.05, 0) is 44.3 Å². The van der Waals surface area contributed by atoms with Gasteiger partial charge in [-0.2, -0.15) is 0 Å². The molecule has 0 radical (unpaired) electrons. The highest BCUT2D eigenvalue weighted by Crippen LogP contribution is 2.13. The molecule has 0 aromatic carbocycles. The molecule has 0 bridgehead atoms. The van der Waals surface area contributed by atoms with Crippen molar-refractivity contribution in [1.29, 1.82) is 0 Å². The first kappa shape index (κ1) is 17.0. The SMILES string of the molecule is CCCC(C)CCN(CC)CCC(C)CCC. The van der Waals surface area contributed by atoms with Gasteiger partial charge in [-0.1, -0.05) is 60.3 Å². The van der Waals surface area contributed by atoms with E-state index in [0.29, 0.717) is 0 Å². The van der Waals surface area contributed by atoms with E-state index in [2.05, 4.69) is 39.5 Å². The van der Waals surface area contributed by atoms with Crippen molar-refractivity contribution in [1.82, 2.24) is 4.90 Å². The average molecular weight is 241 g/mol. The largest absolute Gasteiger partial charge is 0.304 e. The fraction of sp³-hybridized carbons (Fsp3) is 1.00. The lowest BCUT2D eigenvalue weighted by Gasteiger charge is -2.23. The van der Waals surface area contributed by atoms with Crippen LogP contribution in [0, 0.1) is 11.8 Å². The monoisotopic (exact) mass is 241 g/mol. The van der Waals surface area contributed by atoms with Gasteiger partial charge in [0.25, 0.3) is 0 Å². The van der Waals surface area contributed by atoms with Gasteiger partial charge in [-0.15, -0.1) is 0 Å². The Hall–Kier alpha value is -0.0400. The van der Waals surface area contributed by atoms with Crippen LogP contribution in [-0.2, 0) is 0 Å². The van der Waals surface area contributed by atoms with E-state index in [1.165, 1.54) is 58.2 Å². The second kappa shape index (κ2) is 11.1. The molecule has 0 aliphatic carbocycles. The molecular weight excluding hydrogens is 206 g/mol. The normalized spacial score (nSPS) is 15.2. The molecule has 0 saturated carbocycles. The third kappa shape index (κ3) is 9.64. The molecule has 17 heavy (non-hydrogen) atoms. The Bertz CT molecular complexity index is 140. The quantitative estimate of drug-likeness (QED) is 0.494. The fourth-order valence-corrected chi connectivity index (χ4v) is 2.51. The van der Waals surface area contributed by atoms with Crippen LogP contribution in [0.2, 0.25) is 0 Å².